The lowest BCUT2D eigenvalue weighted by atomic mass is 10.3. The maximum absolute atomic E-state index is 5.79. The maximum Gasteiger partial charge on any atom is 0.170 e. The number of ether oxygens (including phenoxy) is 1. The second-order valence-electron chi connectivity index (χ2n) is 3.92. The van der Waals surface area contributed by atoms with Crippen LogP contribution in [0.2, 0.25) is 5.02 Å². The Balaban J connectivity index is 1.66. The number of nitrogens with one attached hydrogen (secondary N) is 2. The summed E-state index contributed by atoms with van der Waals surface area (Å²) in [6, 6.07) is 10.9. The van der Waals surface area contributed by atoms with Crippen molar-refractivity contribution in [2.24, 2.45) is 0 Å². The molecule has 2 N–H and O–H groups in total. The number of thiocarbonyl (C=S) groups is 1. The van der Waals surface area contributed by atoms with Gasteiger partial charge in [-0.2, -0.15) is 0 Å². The van der Waals surface area contributed by atoms with Crippen LogP contribution in [0.3, 0.4) is 0 Å². The molecule has 0 aliphatic carbocycles. The molecule has 0 saturated carbocycles. The van der Waals surface area contributed by atoms with Gasteiger partial charge in [-0.3, -0.25) is 4.98 Å². The minimum atomic E-state index is 0.514. The third-order valence-corrected chi connectivity index (χ3v) is 2.91. The summed E-state index contributed by atoms with van der Waals surface area (Å²) in [5.74, 6) is 0.782. The normalized spacial score (nSPS) is 9.85. The fourth-order valence-electron chi connectivity index (χ4n) is 1.47. The van der Waals surface area contributed by atoms with Crippen molar-refractivity contribution in [2.75, 3.05) is 18.5 Å². The maximum atomic E-state index is 5.79. The van der Waals surface area contributed by atoms with Gasteiger partial charge in [-0.15, -0.1) is 0 Å². The number of pyridine rings is 1. The van der Waals surface area contributed by atoms with Gasteiger partial charge in [0.15, 0.2) is 5.11 Å². The van der Waals surface area contributed by atoms with Crippen LogP contribution in [0.25, 0.3) is 0 Å². The Hall–Kier alpha value is -1.85. The van der Waals surface area contributed by atoms with Gasteiger partial charge in [0, 0.05) is 23.1 Å². The third kappa shape index (κ3) is 5.03. The molecule has 0 radical (unpaired) electrons. The Morgan fingerprint density at radius 2 is 1.85 bits per heavy atom. The molecular weight excluding hydrogens is 294 g/mol. The van der Waals surface area contributed by atoms with Gasteiger partial charge in [0.2, 0.25) is 0 Å². The Morgan fingerprint density at radius 1 is 1.15 bits per heavy atom. The summed E-state index contributed by atoms with van der Waals surface area (Å²) in [7, 11) is 0. The van der Waals surface area contributed by atoms with Crippen molar-refractivity contribution < 1.29 is 4.74 Å². The molecule has 0 amide bonds. The topological polar surface area (TPSA) is 46.2 Å². The van der Waals surface area contributed by atoms with Crippen LogP contribution < -0.4 is 15.4 Å². The zero-order valence-corrected chi connectivity index (χ0v) is 12.2. The highest BCUT2D eigenvalue weighted by Gasteiger charge is 1.97. The number of nitrogens with zero attached hydrogens (tertiary/aromatic N) is 1. The number of hydrogen-bond acceptors (Lipinski definition) is 3. The van der Waals surface area contributed by atoms with Crippen LogP contribution in [-0.2, 0) is 0 Å². The number of anilines is 1. The molecule has 2 aromatic rings. The smallest absolute Gasteiger partial charge is 0.170 e. The molecule has 6 heteroatoms. The van der Waals surface area contributed by atoms with E-state index in [-0.39, 0.29) is 0 Å². The van der Waals surface area contributed by atoms with Crippen molar-refractivity contribution in [1.29, 1.82) is 0 Å². The molecule has 2 rings (SSSR count). The molecule has 20 heavy (non-hydrogen) atoms. The quantitative estimate of drug-likeness (QED) is 0.656. The number of aromatic nitrogens is 1. The highest BCUT2D eigenvalue weighted by molar-refractivity contribution is 7.80. The molecule has 1 heterocycles. The SMILES string of the molecule is S=C(NCCOc1ccc(Cl)cc1)Nc1ccncc1. The molecular formula is C14H14ClN3OS. The second-order valence-corrected chi connectivity index (χ2v) is 4.76. The van der Waals surface area contributed by atoms with Gasteiger partial charge in [-0.25, -0.2) is 0 Å². The molecule has 0 saturated heterocycles. The summed E-state index contributed by atoms with van der Waals surface area (Å²) in [6.45, 7) is 1.12. The fraction of sp³-hybridized carbons (Fsp3) is 0.143. The molecule has 0 unspecified atom stereocenters. The summed E-state index contributed by atoms with van der Waals surface area (Å²) < 4.78 is 5.54. The van der Waals surface area contributed by atoms with Crippen LogP contribution in [0.4, 0.5) is 5.69 Å². The van der Waals surface area contributed by atoms with E-state index in [0.29, 0.717) is 23.3 Å². The zero-order chi connectivity index (χ0) is 14.2. The summed E-state index contributed by atoms with van der Waals surface area (Å²) in [6.07, 6.45) is 3.41. The van der Waals surface area contributed by atoms with Crippen LogP contribution in [-0.4, -0.2) is 23.2 Å². The monoisotopic (exact) mass is 307 g/mol. The molecule has 0 spiro atoms. The highest BCUT2D eigenvalue weighted by Crippen LogP contribution is 2.15. The van der Waals surface area contributed by atoms with Gasteiger partial charge in [-0.05, 0) is 48.6 Å². The summed E-state index contributed by atoms with van der Waals surface area (Å²) >= 11 is 11.0. The molecule has 0 fully saturated rings. The van der Waals surface area contributed by atoms with Gasteiger partial charge < -0.3 is 15.4 Å². The first-order valence-electron chi connectivity index (χ1n) is 6.07. The molecule has 1 aromatic heterocycles. The minimum Gasteiger partial charge on any atom is -0.492 e. The van der Waals surface area contributed by atoms with Crippen molar-refractivity contribution in [1.82, 2.24) is 10.3 Å². The lowest BCUT2D eigenvalue weighted by Crippen LogP contribution is -2.31. The lowest BCUT2D eigenvalue weighted by Gasteiger charge is -2.11. The first-order chi connectivity index (χ1) is 9.74. The number of hydrogen-bond donors (Lipinski definition) is 2. The average Bonchev–Trinajstić information content (AvgIpc) is 2.46. The zero-order valence-electron chi connectivity index (χ0n) is 10.7. The third-order valence-electron chi connectivity index (χ3n) is 2.41. The molecule has 104 valence electrons. The van der Waals surface area contributed by atoms with Gasteiger partial charge in [0.25, 0.3) is 0 Å². The van der Waals surface area contributed by atoms with Gasteiger partial charge in [-0.1, -0.05) is 11.6 Å². The molecule has 1 aromatic carbocycles. The first kappa shape index (κ1) is 14.6. The average molecular weight is 308 g/mol. The van der Waals surface area contributed by atoms with E-state index in [0.717, 1.165) is 11.4 Å². The van der Waals surface area contributed by atoms with Crippen LogP contribution in [0.5, 0.6) is 5.75 Å². The van der Waals surface area contributed by atoms with Crippen molar-refractivity contribution in [3.05, 3.63) is 53.8 Å². The van der Waals surface area contributed by atoms with Crippen molar-refractivity contribution >= 4 is 34.6 Å². The van der Waals surface area contributed by atoms with E-state index in [9.17, 15) is 0 Å². The fourth-order valence-corrected chi connectivity index (χ4v) is 1.82. The first-order valence-corrected chi connectivity index (χ1v) is 6.86. The van der Waals surface area contributed by atoms with E-state index in [2.05, 4.69) is 15.6 Å². The molecule has 4 nitrogen and oxygen atoms in total. The summed E-state index contributed by atoms with van der Waals surface area (Å²) in [4.78, 5) is 3.93. The Morgan fingerprint density at radius 3 is 2.55 bits per heavy atom. The summed E-state index contributed by atoms with van der Waals surface area (Å²) in [5.41, 5.74) is 0.899. The van der Waals surface area contributed by atoms with E-state index < -0.39 is 0 Å². The van der Waals surface area contributed by atoms with Gasteiger partial charge >= 0.3 is 0 Å². The number of benzene rings is 1. The van der Waals surface area contributed by atoms with Crippen LogP contribution in [0.15, 0.2) is 48.8 Å². The predicted molar refractivity (Wildman–Crippen MR) is 85.4 cm³/mol. The lowest BCUT2D eigenvalue weighted by molar-refractivity contribution is 0.323. The van der Waals surface area contributed by atoms with E-state index in [1.165, 1.54) is 0 Å². The van der Waals surface area contributed by atoms with E-state index in [1.54, 1.807) is 24.5 Å². The largest absolute Gasteiger partial charge is 0.492 e. The predicted octanol–water partition coefficient (Wildman–Crippen LogP) is 3.10. The van der Waals surface area contributed by atoms with Crippen molar-refractivity contribution in [3.63, 3.8) is 0 Å². The minimum absolute atomic E-state index is 0.514. The highest BCUT2D eigenvalue weighted by atomic mass is 35.5. The molecule has 0 aliphatic rings. The number of halogens is 1. The summed E-state index contributed by atoms with van der Waals surface area (Å²) in [5, 5.41) is 7.36. The Labute approximate surface area is 128 Å². The Kier molecular flexibility index (Phi) is 5.58. The second kappa shape index (κ2) is 7.67. The standard InChI is InChI=1S/C14H14ClN3OS/c15-11-1-3-13(4-2-11)19-10-9-17-14(20)18-12-5-7-16-8-6-12/h1-8H,9-10H2,(H2,16,17,18,20). The van der Waals surface area contributed by atoms with Crippen LogP contribution >= 0.6 is 23.8 Å². The van der Waals surface area contributed by atoms with E-state index in [1.807, 2.05) is 24.3 Å². The van der Waals surface area contributed by atoms with Gasteiger partial charge in [0.1, 0.15) is 12.4 Å². The molecule has 0 atom stereocenters. The molecule has 0 aliphatic heterocycles. The van der Waals surface area contributed by atoms with E-state index >= 15 is 0 Å². The molecule has 0 bridgehead atoms. The van der Waals surface area contributed by atoms with Crippen LogP contribution in [0, 0.1) is 0 Å². The van der Waals surface area contributed by atoms with Crippen molar-refractivity contribution in [2.45, 2.75) is 0 Å². The number of rotatable bonds is 5. The van der Waals surface area contributed by atoms with Crippen LogP contribution in [0.1, 0.15) is 0 Å². The van der Waals surface area contributed by atoms with E-state index in [4.69, 9.17) is 28.6 Å². The van der Waals surface area contributed by atoms with Gasteiger partial charge in [0.05, 0.1) is 6.54 Å². The van der Waals surface area contributed by atoms with Crippen molar-refractivity contribution in [3.8, 4) is 5.75 Å². The Bertz CT molecular complexity index is 548.